The number of anilines is 1. The van der Waals surface area contributed by atoms with E-state index in [0.717, 1.165) is 10.2 Å². The molecule has 2 N–H and O–H groups in total. The fourth-order valence-corrected chi connectivity index (χ4v) is 3.40. The Bertz CT molecular complexity index is 959. The molecule has 27 heavy (non-hydrogen) atoms. The number of carbonyl (C=O) groups excluding carboxylic acids is 2. The number of nitrogens with one attached hydrogen (secondary N) is 2. The number of thioether (sulfide) groups is 1. The number of carbonyl (C=O) groups is 2. The van der Waals surface area contributed by atoms with Gasteiger partial charge in [0.25, 0.3) is 5.91 Å². The van der Waals surface area contributed by atoms with Crippen molar-refractivity contribution in [2.45, 2.75) is 5.16 Å². The van der Waals surface area contributed by atoms with Gasteiger partial charge in [-0.05, 0) is 46.5 Å². The van der Waals surface area contributed by atoms with Crippen LogP contribution in [0.5, 0.6) is 0 Å². The maximum Gasteiger partial charge on any atom is 0.270 e. The quantitative estimate of drug-likeness (QED) is 0.567. The highest BCUT2D eigenvalue weighted by atomic mass is 79.9. The van der Waals surface area contributed by atoms with E-state index in [2.05, 4.69) is 31.5 Å². The van der Waals surface area contributed by atoms with Crippen molar-refractivity contribution in [3.63, 3.8) is 0 Å². The van der Waals surface area contributed by atoms with Gasteiger partial charge in [0.1, 0.15) is 5.69 Å². The van der Waals surface area contributed by atoms with Gasteiger partial charge in [0, 0.05) is 10.2 Å². The van der Waals surface area contributed by atoms with Crippen LogP contribution in [0.3, 0.4) is 0 Å². The van der Waals surface area contributed by atoms with Crippen LogP contribution in [0.1, 0.15) is 10.5 Å². The van der Waals surface area contributed by atoms with Crippen molar-refractivity contribution in [1.29, 1.82) is 0 Å². The van der Waals surface area contributed by atoms with Gasteiger partial charge in [0.2, 0.25) is 5.91 Å². The minimum atomic E-state index is -0.367. The zero-order valence-corrected chi connectivity index (χ0v) is 16.9. The summed E-state index contributed by atoms with van der Waals surface area (Å²) in [6.07, 6.45) is 3.41. The predicted octanol–water partition coefficient (Wildman–Crippen LogP) is 3.73. The van der Waals surface area contributed by atoms with Crippen molar-refractivity contribution in [1.82, 2.24) is 14.9 Å². The van der Waals surface area contributed by atoms with Crippen LogP contribution in [0.15, 0.2) is 70.4 Å². The first-order valence-electron chi connectivity index (χ1n) is 8.10. The minimum Gasteiger partial charge on any atom is -0.342 e. The number of rotatable bonds is 6. The molecule has 8 heteroatoms. The van der Waals surface area contributed by atoms with Gasteiger partial charge in [-0.1, -0.05) is 42.1 Å². The summed E-state index contributed by atoms with van der Waals surface area (Å²) in [5.74, 6) is -0.681. The van der Waals surface area contributed by atoms with Gasteiger partial charge in [0.15, 0.2) is 5.16 Å². The second-order valence-corrected chi connectivity index (χ2v) is 7.14. The molecule has 2 amide bonds. The van der Waals surface area contributed by atoms with Gasteiger partial charge in [0.05, 0.1) is 18.4 Å². The van der Waals surface area contributed by atoms with Crippen LogP contribution in [0, 0.1) is 0 Å². The molecule has 0 radical (unpaired) electrons. The largest absolute Gasteiger partial charge is 0.342 e. The van der Waals surface area contributed by atoms with E-state index in [4.69, 9.17) is 0 Å². The summed E-state index contributed by atoms with van der Waals surface area (Å²) in [6.45, 7) is -0.144. The Morgan fingerprint density at radius 1 is 1.11 bits per heavy atom. The monoisotopic (exact) mass is 444 g/mol. The van der Waals surface area contributed by atoms with Crippen molar-refractivity contribution in [2.75, 3.05) is 18.1 Å². The first-order chi connectivity index (χ1) is 13.1. The summed E-state index contributed by atoms with van der Waals surface area (Å²) in [6, 6.07) is 16.8. The van der Waals surface area contributed by atoms with E-state index in [-0.39, 0.29) is 18.4 Å². The highest BCUT2D eigenvalue weighted by molar-refractivity contribution is 9.10. The Hall–Kier alpha value is -2.58. The molecule has 0 saturated carbocycles. The molecule has 138 valence electrons. The molecule has 0 aliphatic heterocycles. The number of amides is 2. The van der Waals surface area contributed by atoms with Crippen molar-refractivity contribution in [2.24, 2.45) is 0 Å². The number of halogens is 1. The molecular weight excluding hydrogens is 428 g/mol. The smallest absolute Gasteiger partial charge is 0.270 e. The molecule has 6 nitrogen and oxygen atoms in total. The van der Waals surface area contributed by atoms with Gasteiger partial charge in [-0.2, -0.15) is 0 Å². The SMILES string of the molecule is CSc1ncc(C(=O)NCC(=O)Nc2ccccc2Br)n1-c1ccccc1. The Labute approximate surface area is 169 Å². The number of nitrogens with zero attached hydrogens (tertiary/aromatic N) is 2. The maximum absolute atomic E-state index is 12.6. The lowest BCUT2D eigenvalue weighted by Crippen LogP contribution is -2.34. The van der Waals surface area contributed by atoms with Crippen molar-refractivity contribution in [3.8, 4) is 5.69 Å². The average Bonchev–Trinajstić information content (AvgIpc) is 3.13. The highest BCUT2D eigenvalue weighted by Gasteiger charge is 2.18. The molecule has 0 unspecified atom stereocenters. The summed E-state index contributed by atoms with van der Waals surface area (Å²) in [7, 11) is 0. The lowest BCUT2D eigenvalue weighted by atomic mass is 10.3. The summed E-state index contributed by atoms with van der Waals surface area (Å²) in [4.78, 5) is 29.1. The van der Waals surface area contributed by atoms with Crippen LogP contribution in [0.4, 0.5) is 5.69 Å². The summed E-state index contributed by atoms with van der Waals surface area (Å²) >= 11 is 4.82. The van der Waals surface area contributed by atoms with Crippen LogP contribution in [-0.4, -0.2) is 34.2 Å². The fraction of sp³-hybridized carbons (Fsp3) is 0.105. The molecular formula is C19H17BrN4O2S. The summed E-state index contributed by atoms with van der Waals surface area (Å²) in [5, 5.41) is 6.10. The molecule has 0 bridgehead atoms. The molecule has 1 heterocycles. The molecule has 0 aliphatic carbocycles. The first-order valence-corrected chi connectivity index (χ1v) is 10.1. The third-order valence-electron chi connectivity index (χ3n) is 3.72. The van der Waals surface area contributed by atoms with Gasteiger partial charge >= 0.3 is 0 Å². The second kappa shape index (κ2) is 8.88. The van der Waals surface area contributed by atoms with Crippen molar-refractivity contribution < 1.29 is 9.59 Å². The van der Waals surface area contributed by atoms with Crippen molar-refractivity contribution >= 4 is 45.2 Å². The standard InChI is InChI=1S/C19H17BrN4O2S/c1-27-19-22-11-16(24(19)13-7-3-2-4-8-13)18(26)21-12-17(25)23-15-10-6-5-9-14(15)20/h2-11H,12H2,1H3,(H,21,26)(H,23,25). The van der Waals surface area contributed by atoms with Crippen LogP contribution in [0.2, 0.25) is 0 Å². The van der Waals surface area contributed by atoms with E-state index in [1.54, 1.807) is 10.6 Å². The molecule has 2 aromatic carbocycles. The molecule has 0 atom stereocenters. The molecule has 0 spiro atoms. The van der Waals surface area contributed by atoms with Crippen LogP contribution >= 0.6 is 27.7 Å². The first kappa shape index (κ1) is 19.2. The van der Waals surface area contributed by atoms with Gasteiger partial charge in [-0.25, -0.2) is 4.98 Å². The second-order valence-electron chi connectivity index (χ2n) is 5.51. The number of para-hydroxylation sites is 2. The molecule has 0 saturated heterocycles. The van der Waals surface area contributed by atoms with Crippen LogP contribution in [-0.2, 0) is 4.79 Å². The van der Waals surface area contributed by atoms with E-state index < -0.39 is 0 Å². The normalized spacial score (nSPS) is 10.4. The van der Waals surface area contributed by atoms with Gasteiger partial charge in [-0.3, -0.25) is 14.2 Å². The Morgan fingerprint density at radius 3 is 2.52 bits per heavy atom. The Morgan fingerprint density at radius 2 is 1.81 bits per heavy atom. The molecule has 3 rings (SSSR count). The third kappa shape index (κ3) is 4.58. The topological polar surface area (TPSA) is 76.0 Å². The zero-order valence-electron chi connectivity index (χ0n) is 14.5. The van der Waals surface area contributed by atoms with Crippen LogP contribution in [0.25, 0.3) is 5.69 Å². The predicted molar refractivity (Wildman–Crippen MR) is 110 cm³/mol. The minimum absolute atomic E-state index is 0.144. The molecule has 0 fully saturated rings. The van der Waals surface area contributed by atoms with Crippen LogP contribution < -0.4 is 10.6 Å². The number of aromatic nitrogens is 2. The summed E-state index contributed by atoms with van der Waals surface area (Å²) in [5.41, 5.74) is 1.86. The van der Waals surface area contributed by atoms with E-state index in [1.165, 1.54) is 18.0 Å². The summed E-state index contributed by atoms with van der Waals surface area (Å²) < 4.78 is 2.54. The van der Waals surface area contributed by atoms with Gasteiger partial charge in [-0.15, -0.1) is 0 Å². The lowest BCUT2D eigenvalue weighted by molar-refractivity contribution is -0.115. The van der Waals surface area contributed by atoms with Gasteiger partial charge < -0.3 is 10.6 Å². The lowest BCUT2D eigenvalue weighted by Gasteiger charge is -2.11. The van der Waals surface area contributed by atoms with Crippen molar-refractivity contribution in [3.05, 3.63) is 71.0 Å². The maximum atomic E-state index is 12.6. The number of hydrogen-bond donors (Lipinski definition) is 2. The Kier molecular flexibility index (Phi) is 6.31. The number of imidazole rings is 1. The van der Waals surface area contributed by atoms with E-state index in [0.29, 0.717) is 16.5 Å². The third-order valence-corrected chi connectivity index (χ3v) is 5.06. The molecule has 0 aliphatic rings. The Balaban J connectivity index is 1.71. The zero-order chi connectivity index (χ0) is 19.2. The van der Waals surface area contributed by atoms with E-state index >= 15 is 0 Å². The average molecular weight is 445 g/mol. The van der Waals surface area contributed by atoms with E-state index in [9.17, 15) is 9.59 Å². The highest BCUT2D eigenvalue weighted by Crippen LogP contribution is 2.22. The van der Waals surface area contributed by atoms with E-state index in [1.807, 2.05) is 54.8 Å². The fourth-order valence-electron chi connectivity index (χ4n) is 2.47. The molecule has 1 aromatic heterocycles. The number of benzene rings is 2. The molecule has 3 aromatic rings. The number of hydrogen-bond acceptors (Lipinski definition) is 4.